The minimum absolute atomic E-state index is 0.451. The molecule has 0 saturated carbocycles. The van der Waals surface area contributed by atoms with Crippen molar-refractivity contribution in [1.82, 2.24) is 0 Å². The summed E-state index contributed by atoms with van der Waals surface area (Å²) in [7, 11) is 0. The summed E-state index contributed by atoms with van der Waals surface area (Å²) in [6.07, 6.45) is 1.67. The summed E-state index contributed by atoms with van der Waals surface area (Å²) in [4.78, 5) is 15.7. The molecule has 90 valence electrons. The molecule has 2 aromatic rings. The largest absolute Gasteiger partial charge is 0.368 e. The molecule has 2 aromatic carbocycles. The van der Waals surface area contributed by atoms with Crippen molar-refractivity contribution in [2.45, 2.75) is 6.04 Å². The first-order valence-electron chi connectivity index (χ1n) is 5.70. The van der Waals surface area contributed by atoms with Gasteiger partial charge in [-0.2, -0.15) is 0 Å². The van der Waals surface area contributed by atoms with E-state index in [4.69, 9.17) is 5.73 Å². The fraction of sp³-hybridized carbons (Fsp3) is 0.0667. The maximum Gasteiger partial charge on any atom is 0.246 e. The summed E-state index contributed by atoms with van der Waals surface area (Å²) >= 11 is 0. The molecule has 0 radical (unpaired) electrons. The van der Waals surface area contributed by atoms with E-state index in [2.05, 4.69) is 4.99 Å². The van der Waals surface area contributed by atoms with Crippen molar-refractivity contribution < 1.29 is 4.79 Å². The number of primary amides is 1. The van der Waals surface area contributed by atoms with Gasteiger partial charge in [0.05, 0.1) is 0 Å². The van der Waals surface area contributed by atoms with Crippen LogP contribution in [0.4, 0.5) is 0 Å². The van der Waals surface area contributed by atoms with Crippen LogP contribution in [0.2, 0.25) is 0 Å². The van der Waals surface area contributed by atoms with Crippen LogP contribution in [0.1, 0.15) is 17.2 Å². The second-order valence-electron chi connectivity index (χ2n) is 3.90. The molecule has 3 nitrogen and oxygen atoms in total. The van der Waals surface area contributed by atoms with Crippen LogP contribution in [-0.4, -0.2) is 12.1 Å². The number of amides is 1. The van der Waals surface area contributed by atoms with E-state index in [1.54, 1.807) is 6.21 Å². The predicted octanol–water partition coefficient (Wildman–Crippen LogP) is 2.33. The maximum absolute atomic E-state index is 11.4. The molecule has 1 amide bonds. The number of hydrogen-bond donors (Lipinski definition) is 1. The molecular weight excluding hydrogens is 224 g/mol. The quantitative estimate of drug-likeness (QED) is 0.816. The number of hydrogen-bond acceptors (Lipinski definition) is 2. The molecule has 0 heterocycles. The number of benzene rings is 2. The minimum Gasteiger partial charge on any atom is -0.368 e. The van der Waals surface area contributed by atoms with E-state index < -0.39 is 11.9 Å². The molecule has 0 aliphatic carbocycles. The van der Waals surface area contributed by atoms with Gasteiger partial charge in [-0.05, 0) is 11.1 Å². The molecule has 0 aliphatic heterocycles. The van der Waals surface area contributed by atoms with Crippen LogP contribution in [0.25, 0.3) is 0 Å². The second-order valence-corrected chi connectivity index (χ2v) is 3.90. The van der Waals surface area contributed by atoms with E-state index in [0.717, 1.165) is 11.1 Å². The second kappa shape index (κ2) is 5.77. The van der Waals surface area contributed by atoms with Crippen molar-refractivity contribution in [1.29, 1.82) is 0 Å². The minimum atomic E-state index is -0.633. The Balaban J connectivity index is 2.23. The topological polar surface area (TPSA) is 55.5 Å². The highest BCUT2D eigenvalue weighted by atomic mass is 16.1. The standard InChI is InChI=1S/C15H14N2O/c16-15(18)14(13-9-5-2-6-10-13)17-11-12-7-3-1-4-8-12/h1-11,14H,(H2,16,18)/b17-11+/t14-/m1/s1. The van der Waals surface area contributed by atoms with Crippen LogP contribution >= 0.6 is 0 Å². The van der Waals surface area contributed by atoms with Gasteiger partial charge in [-0.15, -0.1) is 0 Å². The van der Waals surface area contributed by atoms with Gasteiger partial charge < -0.3 is 5.73 Å². The lowest BCUT2D eigenvalue weighted by Crippen LogP contribution is -2.20. The summed E-state index contributed by atoms with van der Waals surface area (Å²) in [6, 6.07) is 18.3. The molecule has 2 rings (SSSR count). The fourth-order valence-electron chi connectivity index (χ4n) is 1.66. The SMILES string of the molecule is NC(=O)[C@H](/N=C/c1ccccc1)c1ccccc1. The Labute approximate surface area is 106 Å². The van der Waals surface area contributed by atoms with Crippen LogP contribution in [0.3, 0.4) is 0 Å². The third kappa shape index (κ3) is 3.04. The maximum atomic E-state index is 11.4. The van der Waals surface area contributed by atoms with Gasteiger partial charge in [-0.3, -0.25) is 9.79 Å². The lowest BCUT2D eigenvalue weighted by atomic mass is 10.1. The van der Waals surface area contributed by atoms with Gasteiger partial charge in [0.25, 0.3) is 0 Å². The van der Waals surface area contributed by atoms with Gasteiger partial charge in [0.1, 0.15) is 0 Å². The number of nitrogens with zero attached hydrogens (tertiary/aromatic N) is 1. The van der Waals surface area contributed by atoms with Gasteiger partial charge >= 0.3 is 0 Å². The van der Waals surface area contributed by atoms with Crippen molar-refractivity contribution in [3.8, 4) is 0 Å². The summed E-state index contributed by atoms with van der Waals surface area (Å²) in [5, 5.41) is 0. The summed E-state index contributed by atoms with van der Waals surface area (Å²) in [6.45, 7) is 0. The Bertz CT molecular complexity index is 535. The van der Waals surface area contributed by atoms with Crippen molar-refractivity contribution in [2.24, 2.45) is 10.7 Å². The highest BCUT2D eigenvalue weighted by Crippen LogP contribution is 2.16. The molecule has 1 atom stereocenters. The zero-order chi connectivity index (χ0) is 12.8. The monoisotopic (exact) mass is 238 g/mol. The molecule has 0 aromatic heterocycles. The van der Waals surface area contributed by atoms with Gasteiger partial charge in [0.15, 0.2) is 6.04 Å². The zero-order valence-electron chi connectivity index (χ0n) is 9.86. The van der Waals surface area contributed by atoms with E-state index in [9.17, 15) is 4.79 Å². The normalized spacial score (nSPS) is 12.4. The summed E-state index contributed by atoms with van der Waals surface area (Å²) in [5.41, 5.74) is 7.13. The number of rotatable bonds is 4. The molecular formula is C15H14N2O. The Morgan fingerprint density at radius 2 is 1.56 bits per heavy atom. The van der Waals surface area contributed by atoms with E-state index in [-0.39, 0.29) is 0 Å². The smallest absolute Gasteiger partial charge is 0.246 e. The average Bonchev–Trinajstić information content (AvgIpc) is 2.41. The summed E-state index contributed by atoms with van der Waals surface area (Å²) in [5.74, 6) is -0.451. The lowest BCUT2D eigenvalue weighted by Gasteiger charge is -2.08. The highest BCUT2D eigenvalue weighted by molar-refractivity contribution is 5.86. The van der Waals surface area contributed by atoms with Crippen molar-refractivity contribution in [2.75, 3.05) is 0 Å². The molecule has 2 N–H and O–H groups in total. The van der Waals surface area contributed by atoms with Gasteiger partial charge in [-0.1, -0.05) is 60.7 Å². The molecule has 0 spiro atoms. The van der Waals surface area contributed by atoms with Crippen LogP contribution in [0, 0.1) is 0 Å². The van der Waals surface area contributed by atoms with Crippen LogP contribution in [0.15, 0.2) is 65.7 Å². The van der Waals surface area contributed by atoms with Crippen molar-refractivity contribution >= 4 is 12.1 Å². The number of nitrogens with two attached hydrogens (primary N) is 1. The molecule has 0 bridgehead atoms. The Hall–Kier alpha value is -2.42. The van der Waals surface area contributed by atoms with Crippen LogP contribution < -0.4 is 5.73 Å². The average molecular weight is 238 g/mol. The van der Waals surface area contributed by atoms with E-state index in [1.165, 1.54) is 0 Å². The Morgan fingerprint density at radius 3 is 2.11 bits per heavy atom. The first kappa shape index (κ1) is 12.0. The number of aliphatic imine (C=N–C) groups is 1. The van der Waals surface area contributed by atoms with E-state index >= 15 is 0 Å². The Morgan fingerprint density at radius 1 is 1.00 bits per heavy atom. The highest BCUT2D eigenvalue weighted by Gasteiger charge is 2.14. The molecule has 18 heavy (non-hydrogen) atoms. The van der Waals surface area contributed by atoms with Gasteiger partial charge in [0.2, 0.25) is 5.91 Å². The third-order valence-corrected chi connectivity index (χ3v) is 2.56. The summed E-state index contributed by atoms with van der Waals surface area (Å²) < 4.78 is 0. The first-order chi connectivity index (χ1) is 8.77. The van der Waals surface area contributed by atoms with Gasteiger partial charge in [-0.25, -0.2) is 0 Å². The van der Waals surface area contributed by atoms with E-state index in [1.807, 2.05) is 60.7 Å². The van der Waals surface area contributed by atoms with Crippen molar-refractivity contribution in [3.05, 3.63) is 71.8 Å². The van der Waals surface area contributed by atoms with Crippen molar-refractivity contribution in [3.63, 3.8) is 0 Å². The number of carbonyl (C=O) groups is 1. The van der Waals surface area contributed by atoms with Crippen LogP contribution in [-0.2, 0) is 4.79 Å². The van der Waals surface area contributed by atoms with Crippen LogP contribution in [0.5, 0.6) is 0 Å². The molecule has 0 fully saturated rings. The molecule has 3 heteroatoms. The predicted molar refractivity (Wildman–Crippen MR) is 72.4 cm³/mol. The molecule has 0 aliphatic rings. The zero-order valence-corrected chi connectivity index (χ0v) is 9.86. The van der Waals surface area contributed by atoms with Gasteiger partial charge in [0, 0.05) is 6.21 Å². The lowest BCUT2D eigenvalue weighted by molar-refractivity contribution is -0.119. The first-order valence-corrected chi connectivity index (χ1v) is 5.70. The number of carbonyl (C=O) groups excluding carboxylic acids is 1. The molecule has 0 saturated heterocycles. The van der Waals surface area contributed by atoms with E-state index in [0.29, 0.717) is 0 Å². The Kier molecular flexibility index (Phi) is 3.86. The molecule has 0 unspecified atom stereocenters. The third-order valence-electron chi connectivity index (χ3n) is 2.56. The fourth-order valence-corrected chi connectivity index (χ4v) is 1.66.